The Hall–Kier alpha value is -5.01. The Balaban J connectivity index is 1.53. The maximum absolute atomic E-state index is 17.2. The molecule has 0 bridgehead atoms. The minimum Gasteiger partial charge on any atom is -0.490 e. The van der Waals surface area contributed by atoms with Crippen molar-refractivity contribution in [2.24, 2.45) is 0 Å². The normalized spacial score (nSPS) is 15.4. The topological polar surface area (TPSA) is 145 Å². The van der Waals surface area contributed by atoms with Gasteiger partial charge < -0.3 is 30.6 Å². The van der Waals surface area contributed by atoms with Crippen LogP contribution in [0, 0.1) is 23.0 Å². The second-order valence-electron chi connectivity index (χ2n) is 11.9. The minimum atomic E-state index is -5.20. The van der Waals surface area contributed by atoms with E-state index in [1.54, 1.807) is 24.0 Å². The van der Waals surface area contributed by atoms with E-state index in [1.807, 2.05) is 6.07 Å². The Kier molecular flexibility index (Phi) is 8.73. The lowest BCUT2D eigenvalue weighted by molar-refractivity contribution is -0.138. The van der Waals surface area contributed by atoms with Gasteiger partial charge in [0.2, 0.25) is 0 Å². The molecular weight excluding hydrogens is 681 g/mol. The largest absolute Gasteiger partial charge is 0.490 e. The Morgan fingerprint density at radius 2 is 1.96 bits per heavy atom. The van der Waals surface area contributed by atoms with Crippen LogP contribution in [0.1, 0.15) is 55.3 Å². The van der Waals surface area contributed by atoms with Crippen molar-refractivity contribution >= 4 is 49.0 Å². The molecule has 3 aromatic heterocycles. The van der Waals surface area contributed by atoms with Gasteiger partial charge in [0, 0.05) is 29.3 Å². The lowest BCUT2D eigenvalue weighted by atomic mass is 9.91. The number of anilines is 3. The van der Waals surface area contributed by atoms with Crippen LogP contribution in [0.2, 0.25) is 0 Å². The zero-order valence-electron chi connectivity index (χ0n) is 26.6. The molecule has 0 spiro atoms. The summed E-state index contributed by atoms with van der Waals surface area (Å²) in [6, 6.07) is 6.26. The zero-order valence-corrected chi connectivity index (χ0v) is 27.4. The highest BCUT2D eigenvalue weighted by Crippen LogP contribution is 2.54. The summed E-state index contributed by atoms with van der Waals surface area (Å²) < 4.78 is 95.7. The number of nitrogen functional groups attached to an aromatic ring is 2. The van der Waals surface area contributed by atoms with Gasteiger partial charge in [0.05, 0.1) is 40.9 Å². The molecule has 1 atom stereocenters. The summed E-state index contributed by atoms with van der Waals surface area (Å²) in [6.45, 7) is 1.74. The van der Waals surface area contributed by atoms with Crippen molar-refractivity contribution in [1.82, 2.24) is 15.0 Å². The smallest absolute Gasteiger partial charge is 0.420 e. The molecule has 2 aliphatic rings. The maximum atomic E-state index is 17.2. The van der Waals surface area contributed by atoms with Crippen molar-refractivity contribution in [1.29, 1.82) is 5.26 Å². The number of nitriles is 1. The summed E-state index contributed by atoms with van der Waals surface area (Å²) in [5.41, 5.74) is 9.26. The molecule has 7 rings (SSSR count). The molecular formula is C34H30F5N7O3S. The molecule has 1 saturated carbocycles. The molecule has 1 fully saturated rings. The first-order valence-corrected chi connectivity index (χ1v) is 16.7. The van der Waals surface area contributed by atoms with Crippen LogP contribution in [0.15, 0.2) is 30.5 Å². The number of alkyl halides is 3. The Bertz CT molecular complexity index is 2170. The summed E-state index contributed by atoms with van der Waals surface area (Å²) in [6.07, 6.45) is -0.285. The number of halogens is 5. The predicted molar refractivity (Wildman–Crippen MR) is 178 cm³/mol. The highest BCUT2D eigenvalue weighted by atomic mass is 32.1. The van der Waals surface area contributed by atoms with E-state index in [-0.39, 0.29) is 69.5 Å². The van der Waals surface area contributed by atoms with E-state index >= 15 is 17.6 Å². The van der Waals surface area contributed by atoms with E-state index < -0.39 is 51.8 Å². The monoisotopic (exact) mass is 711 g/mol. The van der Waals surface area contributed by atoms with Crippen LogP contribution in [0.25, 0.3) is 32.1 Å². The number of benzene rings is 2. The number of fused-ring (bicyclic) bond motifs is 1. The number of ether oxygens (including phenoxy) is 3. The molecule has 5 aromatic rings. The van der Waals surface area contributed by atoms with Crippen molar-refractivity contribution in [3.05, 3.63) is 58.8 Å². The fraction of sp³-hybridized carbons (Fsp3) is 0.353. The first-order chi connectivity index (χ1) is 24.0. The minimum absolute atomic E-state index is 0.00345. The lowest BCUT2D eigenvalue weighted by Gasteiger charge is -2.34. The molecule has 1 aliphatic carbocycles. The molecule has 0 saturated heterocycles. The van der Waals surface area contributed by atoms with E-state index in [0.29, 0.717) is 29.9 Å². The molecule has 260 valence electrons. The third-order valence-electron chi connectivity index (χ3n) is 9.01. The van der Waals surface area contributed by atoms with Gasteiger partial charge in [0.1, 0.15) is 52.0 Å². The van der Waals surface area contributed by atoms with Gasteiger partial charge in [-0.3, -0.25) is 0 Å². The van der Waals surface area contributed by atoms with E-state index in [9.17, 15) is 9.65 Å². The highest BCUT2D eigenvalue weighted by Gasteiger charge is 2.44. The number of hydrogen-bond acceptors (Lipinski definition) is 11. The predicted octanol–water partition coefficient (Wildman–Crippen LogP) is 7.54. The summed E-state index contributed by atoms with van der Waals surface area (Å²) >= 11 is 0.681. The van der Waals surface area contributed by atoms with E-state index in [2.05, 4.69) is 15.0 Å². The zero-order chi connectivity index (χ0) is 35.3. The summed E-state index contributed by atoms with van der Waals surface area (Å²) in [4.78, 5) is 14.7. The quantitative estimate of drug-likeness (QED) is 0.147. The van der Waals surface area contributed by atoms with Crippen LogP contribution in [0.4, 0.5) is 38.6 Å². The molecule has 16 heteroatoms. The van der Waals surface area contributed by atoms with Gasteiger partial charge in [-0.25, -0.2) is 13.8 Å². The van der Waals surface area contributed by atoms with E-state index in [4.69, 9.17) is 25.7 Å². The summed E-state index contributed by atoms with van der Waals surface area (Å²) in [5.74, 6) is -2.80. The van der Waals surface area contributed by atoms with Crippen molar-refractivity contribution in [3.63, 3.8) is 0 Å². The van der Waals surface area contributed by atoms with Crippen molar-refractivity contribution in [2.45, 2.75) is 50.9 Å². The number of nitrogens with zero attached hydrogens (tertiary/aromatic N) is 5. The van der Waals surface area contributed by atoms with Crippen LogP contribution in [0.3, 0.4) is 0 Å². The molecule has 2 aromatic carbocycles. The van der Waals surface area contributed by atoms with Gasteiger partial charge in [0.25, 0.3) is 0 Å². The van der Waals surface area contributed by atoms with Crippen molar-refractivity contribution in [2.75, 3.05) is 42.7 Å². The standard InChI is InChI=1S/C34H30F5N7O3S/c1-2-47-33-44-27-24-28(25(34(37,38)39)23(26(27)36)18-8-9-20(35)29-22(18)19(15-40)31(42)50-29)49-14-12-46(32(24)45-33)21(10-13-48-16-5-3-6-16)17-7-4-11-43-30(17)41/h4,7-9,11,16,21H,2-3,5-6,10,12-14,42H2,1H3,(H2,41,43)/t21-/m1/s1. The third kappa shape index (κ3) is 5.63. The molecule has 0 radical (unpaired) electrons. The van der Waals surface area contributed by atoms with Gasteiger partial charge in [-0.05, 0) is 50.3 Å². The fourth-order valence-corrected chi connectivity index (χ4v) is 7.52. The van der Waals surface area contributed by atoms with Crippen molar-refractivity contribution in [3.8, 4) is 29.0 Å². The molecule has 4 heterocycles. The number of thiophene rings is 1. The Labute approximate surface area is 286 Å². The van der Waals surface area contributed by atoms with Crippen LogP contribution in [-0.4, -0.2) is 47.4 Å². The van der Waals surface area contributed by atoms with E-state index in [1.165, 1.54) is 6.20 Å². The summed E-state index contributed by atoms with van der Waals surface area (Å²) in [5, 5.41) is 9.15. The average Bonchev–Trinajstić information content (AvgIpc) is 3.29. The van der Waals surface area contributed by atoms with Crippen LogP contribution in [-0.2, 0) is 10.9 Å². The average molecular weight is 712 g/mol. The second kappa shape index (κ2) is 13.0. The highest BCUT2D eigenvalue weighted by molar-refractivity contribution is 7.23. The van der Waals surface area contributed by atoms with Gasteiger partial charge in [-0.2, -0.15) is 28.4 Å². The van der Waals surface area contributed by atoms with Gasteiger partial charge >= 0.3 is 12.2 Å². The summed E-state index contributed by atoms with van der Waals surface area (Å²) in [7, 11) is 0. The number of nitrogens with two attached hydrogens (primary N) is 2. The molecule has 10 nitrogen and oxygen atoms in total. The SMILES string of the molecule is CCOc1nc2c3c(c(C(F)(F)F)c(-c4ccc(F)c5sc(N)c(C#N)c45)c(F)c3n1)OCCN2[C@H](CCOC1CCC1)c1cccnc1N. The van der Waals surface area contributed by atoms with Gasteiger partial charge in [0.15, 0.2) is 5.82 Å². The molecule has 1 aliphatic heterocycles. The maximum Gasteiger partial charge on any atom is 0.420 e. The molecule has 0 unspecified atom stereocenters. The lowest BCUT2D eigenvalue weighted by Crippen LogP contribution is -2.34. The number of hydrogen-bond donors (Lipinski definition) is 2. The molecule has 50 heavy (non-hydrogen) atoms. The molecule has 0 amide bonds. The second-order valence-corrected chi connectivity index (χ2v) is 12.9. The first-order valence-electron chi connectivity index (χ1n) is 15.9. The third-order valence-corrected chi connectivity index (χ3v) is 10.0. The van der Waals surface area contributed by atoms with Gasteiger partial charge in [-0.1, -0.05) is 12.1 Å². The Morgan fingerprint density at radius 1 is 1.16 bits per heavy atom. The van der Waals surface area contributed by atoms with E-state index in [0.717, 1.165) is 31.4 Å². The molecule has 4 N–H and O–H groups in total. The number of pyridine rings is 1. The number of rotatable bonds is 9. The van der Waals surface area contributed by atoms with Crippen LogP contribution < -0.4 is 25.8 Å². The fourth-order valence-electron chi connectivity index (χ4n) is 6.57. The first kappa shape index (κ1) is 33.5. The number of aromatic nitrogens is 3. The van der Waals surface area contributed by atoms with Crippen molar-refractivity contribution < 1.29 is 36.2 Å². The van der Waals surface area contributed by atoms with Crippen LogP contribution >= 0.6 is 11.3 Å². The van der Waals surface area contributed by atoms with Gasteiger partial charge in [-0.15, -0.1) is 11.3 Å². The Morgan fingerprint density at radius 3 is 2.64 bits per heavy atom. The van der Waals surface area contributed by atoms with Crippen LogP contribution in [0.5, 0.6) is 11.8 Å².